The quantitative estimate of drug-likeness (QED) is 0.778. The van der Waals surface area contributed by atoms with E-state index in [1.165, 1.54) is 0 Å². The highest BCUT2D eigenvalue weighted by Gasteiger charge is 2.05. The standard InChI is InChI=1S/C15H20N2O3/c1-3-16-9-10-17(15(16)18)11-12-20-14-8-6-5-7-13(14)19-4-2/h5-10H,3-4,11-12H2,1-2H3. The second-order valence-corrected chi connectivity index (χ2v) is 4.29. The lowest BCUT2D eigenvalue weighted by molar-refractivity contribution is 0.265. The Balaban J connectivity index is 1.96. The monoisotopic (exact) mass is 276 g/mol. The fourth-order valence-corrected chi connectivity index (χ4v) is 1.96. The normalized spacial score (nSPS) is 10.5. The number of para-hydroxylation sites is 2. The number of hydrogen-bond acceptors (Lipinski definition) is 3. The molecule has 0 bridgehead atoms. The fraction of sp³-hybridized carbons (Fsp3) is 0.400. The van der Waals surface area contributed by atoms with Gasteiger partial charge in [-0.2, -0.15) is 0 Å². The maximum Gasteiger partial charge on any atom is 0.328 e. The molecule has 0 aliphatic heterocycles. The summed E-state index contributed by atoms with van der Waals surface area (Å²) in [4.78, 5) is 11.9. The van der Waals surface area contributed by atoms with E-state index >= 15 is 0 Å². The number of imidazole rings is 1. The van der Waals surface area contributed by atoms with Gasteiger partial charge >= 0.3 is 5.69 Å². The number of aromatic nitrogens is 2. The number of rotatable bonds is 7. The van der Waals surface area contributed by atoms with Gasteiger partial charge in [0.15, 0.2) is 11.5 Å². The summed E-state index contributed by atoms with van der Waals surface area (Å²) in [6.45, 7) is 6.10. The van der Waals surface area contributed by atoms with E-state index in [0.717, 1.165) is 5.75 Å². The van der Waals surface area contributed by atoms with Crippen LogP contribution in [0.4, 0.5) is 0 Å². The van der Waals surface area contributed by atoms with Gasteiger partial charge in [-0.15, -0.1) is 0 Å². The van der Waals surface area contributed by atoms with Gasteiger partial charge in [-0.3, -0.25) is 9.13 Å². The molecule has 0 fully saturated rings. The molecule has 0 amide bonds. The molecular formula is C15H20N2O3. The zero-order valence-corrected chi connectivity index (χ0v) is 11.9. The lowest BCUT2D eigenvalue weighted by atomic mass is 10.3. The van der Waals surface area contributed by atoms with Crippen molar-refractivity contribution in [1.29, 1.82) is 0 Å². The summed E-state index contributed by atoms with van der Waals surface area (Å²) in [5, 5.41) is 0. The van der Waals surface area contributed by atoms with Crippen LogP contribution >= 0.6 is 0 Å². The molecule has 0 aliphatic rings. The predicted octanol–water partition coefficient (Wildman–Crippen LogP) is 2.15. The highest BCUT2D eigenvalue weighted by Crippen LogP contribution is 2.26. The Kier molecular flexibility index (Phi) is 4.87. The van der Waals surface area contributed by atoms with Crippen LogP contribution in [0.1, 0.15) is 13.8 Å². The molecule has 1 aromatic carbocycles. The van der Waals surface area contributed by atoms with Crippen molar-refractivity contribution in [3.05, 3.63) is 47.1 Å². The van der Waals surface area contributed by atoms with Crippen LogP contribution in [0.3, 0.4) is 0 Å². The molecule has 5 nitrogen and oxygen atoms in total. The Morgan fingerprint density at radius 1 is 1.00 bits per heavy atom. The Morgan fingerprint density at radius 2 is 1.65 bits per heavy atom. The topological polar surface area (TPSA) is 45.4 Å². The van der Waals surface area contributed by atoms with Gasteiger partial charge in [-0.1, -0.05) is 12.1 Å². The van der Waals surface area contributed by atoms with Crippen LogP contribution in [0.25, 0.3) is 0 Å². The van der Waals surface area contributed by atoms with E-state index in [1.54, 1.807) is 21.5 Å². The van der Waals surface area contributed by atoms with E-state index < -0.39 is 0 Å². The molecule has 0 atom stereocenters. The summed E-state index contributed by atoms with van der Waals surface area (Å²) in [5.41, 5.74) is -0.00538. The first-order valence-corrected chi connectivity index (χ1v) is 6.86. The first-order valence-electron chi connectivity index (χ1n) is 6.86. The third kappa shape index (κ3) is 3.23. The summed E-state index contributed by atoms with van der Waals surface area (Å²) in [7, 11) is 0. The third-order valence-electron chi connectivity index (χ3n) is 3.00. The van der Waals surface area contributed by atoms with Crippen molar-refractivity contribution >= 4 is 0 Å². The highest BCUT2D eigenvalue weighted by molar-refractivity contribution is 5.39. The Labute approximate surface area is 118 Å². The molecule has 1 aromatic heterocycles. The molecule has 0 N–H and O–H groups in total. The smallest absolute Gasteiger partial charge is 0.328 e. The van der Waals surface area contributed by atoms with Gasteiger partial charge in [-0.05, 0) is 26.0 Å². The van der Waals surface area contributed by atoms with Crippen molar-refractivity contribution in [2.45, 2.75) is 26.9 Å². The van der Waals surface area contributed by atoms with Crippen LogP contribution in [0, 0.1) is 0 Å². The van der Waals surface area contributed by atoms with Gasteiger partial charge in [-0.25, -0.2) is 4.79 Å². The van der Waals surface area contributed by atoms with Crippen molar-refractivity contribution in [3.8, 4) is 11.5 Å². The Hall–Kier alpha value is -2.17. The molecule has 0 spiro atoms. The molecule has 108 valence electrons. The minimum atomic E-state index is -0.00538. The molecular weight excluding hydrogens is 256 g/mol. The molecule has 20 heavy (non-hydrogen) atoms. The molecule has 0 saturated carbocycles. The van der Waals surface area contributed by atoms with Crippen molar-refractivity contribution in [2.75, 3.05) is 13.2 Å². The minimum absolute atomic E-state index is 0.00538. The zero-order chi connectivity index (χ0) is 14.4. The van der Waals surface area contributed by atoms with Gasteiger partial charge in [0.05, 0.1) is 13.2 Å². The third-order valence-corrected chi connectivity index (χ3v) is 3.00. The number of ether oxygens (including phenoxy) is 2. The second-order valence-electron chi connectivity index (χ2n) is 4.29. The van der Waals surface area contributed by atoms with Gasteiger partial charge in [0.2, 0.25) is 0 Å². The number of aryl methyl sites for hydroxylation is 1. The zero-order valence-electron chi connectivity index (χ0n) is 11.9. The lowest BCUT2D eigenvalue weighted by Crippen LogP contribution is -2.25. The van der Waals surface area contributed by atoms with Gasteiger partial charge in [0.1, 0.15) is 6.61 Å². The summed E-state index contributed by atoms with van der Waals surface area (Å²) in [6.07, 6.45) is 3.57. The van der Waals surface area contributed by atoms with E-state index in [2.05, 4.69) is 0 Å². The molecule has 0 saturated heterocycles. The highest BCUT2D eigenvalue weighted by atomic mass is 16.5. The lowest BCUT2D eigenvalue weighted by Gasteiger charge is -2.11. The van der Waals surface area contributed by atoms with Gasteiger partial charge in [0.25, 0.3) is 0 Å². The van der Waals surface area contributed by atoms with Crippen molar-refractivity contribution in [2.24, 2.45) is 0 Å². The van der Waals surface area contributed by atoms with Gasteiger partial charge in [0, 0.05) is 18.9 Å². The van der Waals surface area contributed by atoms with Crippen molar-refractivity contribution in [3.63, 3.8) is 0 Å². The number of nitrogens with zero attached hydrogens (tertiary/aromatic N) is 2. The van der Waals surface area contributed by atoms with Crippen molar-refractivity contribution < 1.29 is 9.47 Å². The first-order chi connectivity index (χ1) is 9.76. The first kappa shape index (κ1) is 14.2. The predicted molar refractivity (Wildman–Crippen MR) is 77.5 cm³/mol. The minimum Gasteiger partial charge on any atom is -0.490 e. The van der Waals surface area contributed by atoms with Crippen molar-refractivity contribution in [1.82, 2.24) is 9.13 Å². The van der Waals surface area contributed by atoms with E-state index in [1.807, 2.05) is 38.1 Å². The van der Waals surface area contributed by atoms with Crippen LogP contribution in [-0.4, -0.2) is 22.3 Å². The van der Waals surface area contributed by atoms with Crippen LogP contribution < -0.4 is 15.2 Å². The molecule has 1 heterocycles. The van der Waals surface area contributed by atoms with E-state index in [9.17, 15) is 4.79 Å². The second kappa shape index (κ2) is 6.84. The van der Waals surface area contributed by atoms with Crippen LogP contribution in [0.5, 0.6) is 11.5 Å². The average Bonchev–Trinajstić information content (AvgIpc) is 2.82. The molecule has 2 rings (SSSR count). The molecule has 2 aromatic rings. The number of hydrogen-bond donors (Lipinski definition) is 0. The maximum absolute atomic E-state index is 11.9. The van der Waals surface area contributed by atoms with E-state index in [0.29, 0.717) is 32.1 Å². The fourth-order valence-electron chi connectivity index (χ4n) is 1.96. The summed E-state index contributed by atoms with van der Waals surface area (Å²) < 4.78 is 14.5. The SMILES string of the molecule is CCOc1ccccc1OCCn1ccn(CC)c1=O. The maximum atomic E-state index is 11.9. The largest absolute Gasteiger partial charge is 0.490 e. The Morgan fingerprint density at radius 3 is 2.25 bits per heavy atom. The van der Waals surface area contributed by atoms with Crippen LogP contribution in [0.2, 0.25) is 0 Å². The molecule has 0 unspecified atom stereocenters. The summed E-state index contributed by atoms with van der Waals surface area (Å²) in [5.74, 6) is 1.44. The molecule has 5 heteroatoms. The Bertz CT molecular complexity index is 601. The van der Waals surface area contributed by atoms with Crippen LogP contribution in [-0.2, 0) is 13.1 Å². The molecule has 0 radical (unpaired) electrons. The van der Waals surface area contributed by atoms with Crippen LogP contribution in [0.15, 0.2) is 41.5 Å². The number of benzene rings is 1. The molecule has 0 aliphatic carbocycles. The van der Waals surface area contributed by atoms with E-state index in [4.69, 9.17) is 9.47 Å². The summed E-state index contributed by atoms with van der Waals surface area (Å²) in [6, 6.07) is 7.55. The average molecular weight is 276 g/mol. The van der Waals surface area contributed by atoms with E-state index in [-0.39, 0.29) is 5.69 Å². The summed E-state index contributed by atoms with van der Waals surface area (Å²) >= 11 is 0. The van der Waals surface area contributed by atoms with Gasteiger partial charge < -0.3 is 9.47 Å².